The van der Waals surface area contributed by atoms with Crippen LogP contribution >= 0.6 is 0 Å². The van der Waals surface area contributed by atoms with E-state index in [-0.39, 0.29) is 11.8 Å². The van der Waals surface area contributed by atoms with Crippen molar-refractivity contribution in [3.8, 4) is 12.1 Å². The summed E-state index contributed by atoms with van der Waals surface area (Å²) < 4.78 is 0. The Bertz CT molecular complexity index is 1070. The summed E-state index contributed by atoms with van der Waals surface area (Å²) in [5.41, 5.74) is 3.37. The number of carbonyl (C=O) groups is 1. The van der Waals surface area contributed by atoms with Gasteiger partial charge in [-0.3, -0.25) is 14.8 Å². The molecule has 7 nitrogen and oxygen atoms in total. The zero-order valence-corrected chi connectivity index (χ0v) is 19.2. The van der Waals surface area contributed by atoms with E-state index in [9.17, 15) is 15.3 Å². The monoisotopic (exact) mass is 443 g/mol. The Morgan fingerprint density at radius 2 is 1.94 bits per heavy atom. The topological polar surface area (TPSA) is 122 Å². The van der Waals surface area contributed by atoms with Crippen molar-refractivity contribution in [2.75, 3.05) is 11.9 Å². The molecule has 0 fully saturated rings. The maximum Gasteiger partial charge on any atom is 0.303 e. The van der Waals surface area contributed by atoms with E-state index in [0.717, 1.165) is 16.7 Å². The van der Waals surface area contributed by atoms with Crippen LogP contribution in [0.15, 0.2) is 59.9 Å². The first-order chi connectivity index (χ1) is 15.7. The summed E-state index contributed by atoms with van der Waals surface area (Å²) in [5.74, 6) is -1.50. The Balaban J connectivity index is 2.38. The first kappa shape index (κ1) is 25.3. The van der Waals surface area contributed by atoms with Crippen molar-refractivity contribution < 1.29 is 9.90 Å². The number of carboxylic acids is 1. The lowest BCUT2D eigenvalue weighted by Crippen LogP contribution is -2.23. The molecule has 0 amide bonds. The predicted molar refractivity (Wildman–Crippen MR) is 129 cm³/mol. The summed E-state index contributed by atoms with van der Waals surface area (Å²) >= 11 is 0. The van der Waals surface area contributed by atoms with Crippen LogP contribution in [-0.4, -0.2) is 28.4 Å². The highest BCUT2D eigenvalue weighted by atomic mass is 16.4. The normalized spacial score (nSPS) is 12.2. The molecule has 0 unspecified atom stereocenters. The molecule has 170 valence electrons. The minimum Gasteiger partial charge on any atom is -0.481 e. The summed E-state index contributed by atoms with van der Waals surface area (Å²) in [4.78, 5) is 19.6. The Kier molecular flexibility index (Phi) is 9.32. The SMILES string of the molecule is CC(C)(C)CN=C(Nc1cccc(/C(=C\CCCC(=O)O)c2cccnc2)c1)C(C#N)C#N. The fourth-order valence-electron chi connectivity index (χ4n) is 3.01. The van der Waals surface area contributed by atoms with Gasteiger partial charge in [0, 0.05) is 36.6 Å². The smallest absolute Gasteiger partial charge is 0.303 e. The van der Waals surface area contributed by atoms with Crippen LogP contribution in [0.4, 0.5) is 5.69 Å². The van der Waals surface area contributed by atoms with Crippen LogP contribution < -0.4 is 5.32 Å². The number of carboxylic acid groups (broad SMARTS) is 1. The van der Waals surface area contributed by atoms with Crippen LogP contribution in [0, 0.1) is 34.0 Å². The van der Waals surface area contributed by atoms with Crippen LogP contribution in [0.25, 0.3) is 5.57 Å². The Labute approximate surface area is 195 Å². The van der Waals surface area contributed by atoms with E-state index in [4.69, 9.17) is 5.11 Å². The molecule has 7 heteroatoms. The Morgan fingerprint density at radius 1 is 1.21 bits per heavy atom. The largest absolute Gasteiger partial charge is 0.481 e. The lowest BCUT2D eigenvalue weighted by atomic mass is 9.96. The molecular formula is C26H29N5O2. The van der Waals surface area contributed by atoms with Crippen molar-refractivity contribution >= 4 is 23.1 Å². The van der Waals surface area contributed by atoms with Gasteiger partial charge in [0.25, 0.3) is 0 Å². The molecule has 0 spiro atoms. The van der Waals surface area contributed by atoms with Gasteiger partial charge in [0.1, 0.15) is 5.84 Å². The number of nitrogens with one attached hydrogen (secondary N) is 1. The summed E-state index contributed by atoms with van der Waals surface area (Å²) in [7, 11) is 0. The molecule has 0 aliphatic rings. The van der Waals surface area contributed by atoms with E-state index < -0.39 is 11.9 Å². The van der Waals surface area contributed by atoms with Gasteiger partial charge < -0.3 is 10.4 Å². The fraction of sp³-hybridized carbons (Fsp3) is 0.346. The molecule has 1 heterocycles. The second-order valence-corrected chi connectivity index (χ2v) is 8.80. The van der Waals surface area contributed by atoms with Gasteiger partial charge in [-0.1, -0.05) is 45.0 Å². The lowest BCUT2D eigenvalue weighted by molar-refractivity contribution is -0.137. The Hall–Kier alpha value is -3.97. The van der Waals surface area contributed by atoms with Gasteiger partial charge in [-0.25, -0.2) is 0 Å². The second-order valence-electron chi connectivity index (χ2n) is 8.80. The van der Waals surface area contributed by atoms with Crippen molar-refractivity contribution in [3.05, 3.63) is 66.0 Å². The molecular weight excluding hydrogens is 414 g/mol. The number of hydrogen-bond donors (Lipinski definition) is 2. The highest BCUT2D eigenvalue weighted by Crippen LogP contribution is 2.26. The standard InChI is InChI=1S/C26H29N5O2/c1-26(2,3)18-30-25(21(15-27)16-28)31-22-10-6-8-19(14-22)23(11-4-5-12-24(32)33)20-9-7-13-29-17-20/h6-11,13-14,17,21H,4-5,12,18H2,1-3H3,(H,30,31)(H,32,33)/b23-11+. The van der Waals surface area contributed by atoms with Crippen LogP contribution in [0.3, 0.4) is 0 Å². The number of nitriles is 2. The number of aromatic nitrogens is 1. The molecule has 0 radical (unpaired) electrons. The number of rotatable bonds is 9. The predicted octanol–water partition coefficient (Wildman–Crippen LogP) is 5.29. The fourth-order valence-corrected chi connectivity index (χ4v) is 3.01. The van der Waals surface area contributed by atoms with Gasteiger partial charge in [-0.2, -0.15) is 10.5 Å². The minimum atomic E-state index is -1.000. The second kappa shape index (κ2) is 12.2. The van der Waals surface area contributed by atoms with Gasteiger partial charge in [0.05, 0.1) is 12.1 Å². The first-order valence-corrected chi connectivity index (χ1v) is 10.8. The van der Waals surface area contributed by atoms with Gasteiger partial charge >= 0.3 is 5.97 Å². The van der Waals surface area contributed by atoms with E-state index >= 15 is 0 Å². The summed E-state index contributed by atoms with van der Waals surface area (Å²) in [6.45, 7) is 6.59. The number of pyridine rings is 1. The number of aliphatic carboxylic acids is 1. The molecule has 0 saturated heterocycles. The number of aliphatic imine (C=N–C) groups is 1. The van der Waals surface area contributed by atoms with Crippen LogP contribution in [0.1, 0.15) is 51.2 Å². The number of benzene rings is 1. The van der Waals surface area contributed by atoms with Gasteiger partial charge in [0.15, 0.2) is 5.92 Å². The van der Waals surface area contributed by atoms with Crippen molar-refractivity contribution in [2.24, 2.45) is 16.3 Å². The van der Waals surface area contributed by atoms with Crippen molar-refractivity contribution in [2.45, 2.75) is 40.0 Å². The number of unbranched alkanes of at least 4 members (excludes halogenated alkanes) is 1. The van der Waals surface area contributed by atoms with E-state index in [1.54, 1.807) is 12.4 Å². The van der Waals surface area contributed by atoms with Gasteiger partial charge in [-0.05, 0) is 47.6 Å². The average molecular weight is 444 g/mol. The summed E-state index contributed by atoms with van der Waals surface area (Å²) in [6.07, 6.45) is 6.73. The zero-order chi connectivity index (χ0) is 24.3. The minimum absolute atomic E-state index is 0.0869. The number of nitrogens with zero attached hydrogens (tertiary/aromatic N) is 4. The van der Waals surface area contributed by atoms with Crippen LogP contribution in [0.2, 0.25) is 0 Å². The third kappa shape index (κ3) is 8.59. The molecule has 1 aromatic heterocycles. The molecule has 0 saturated carbocycles. The van der Waals surface area contributed by atoms with Crippen molar-refractivity contribution in [1.29, 1.82) is 10.5 Å². The molecule has 0 aliphatic carbocycles. The van der Waals surface area contributed by atoms with Crippen LogP contribution in [-0.2, 0) is 4.79 Å². The van der Waals surface area contributed by atoms with Gasteiger partial charge in [-0.15, -0.1) is 0 Å². The summed E-state index contributed by atoms with van der Waals surface area (Å²) in [6, 6.07) is 15.4. The molecule has 2 aromatic rings. The lowest BCUT2D eigenvalue weighted by Gasteiger charge is -2.18. The third-order valence-electron chi connectivity index (χ3n) is 4.62. The van der Waals surface area contributed by atoms with Crippen LogP contribution in [0.5, 0.6) is 0 Å². The molecule has 2 N–H and O–H groups in total. The highest BCUT2D eigenvalue weighted by Gasteiger charge is 2.18. The van der Waals surface area contributed by atoms with Crippen molar-refractivity contribution in [3.63, 3.8) is 0 Å². The number of hydrogen-bond acceptors (Lipinski definition) is 5. The third-order valence-corrected chi connectivity index (χ3v) is 4.62. The highest BCUT2D eigenvalue weighted by molar-refractivity contribution is 6.00. The zero-order valence-electron chi connectivity index (χ0n) is 19.2. The number of anilines is 1. The van der Waals surface area contributed by atoms with Crippen molar-refractivity contribution in [1.82, 2.24) is 4.98 Å². The molecule has 0 atom stereocenters. The maximum atomic E-state index is 10.9. The molecule has 0 bridgehead atoms. The van der Waals surface area contributed by atoms with E-state index in [1.807, 2.05) is 75.4 Å². The maximum absolute atomic E-state index is 10.9. The number of amidine groups is 1. The van der Waals surface area contributed by atoms with E-state index in [2.05, 4.69) is 15.3 Å². The summed E-state index contributed by atoms with van der Waals surface area (Å²) in [5, 5.41) is 30.9. The van der Waals surface area contributed by atoms with E-state index in [0.29, 0.717) is 30.9 Å². The van der Waals surface area contributed by atoms with E-state index in [1.165, 1.54) is 0 Å². The molecule has 33 heavy (non-hydrogen) atoms. The molecule has 1 aromatic carbocycles. The first-order valence-electron chi connectivity index (χ1n) is 10.8. The quantitative estimate of drug-likeness (QED) is 0.308. The molecule has 0 aliphatic heterocycles. The number of allylic oxidation sites excluding steroid dienone is 1. The van der Waals surface area contributed by atoms with Gasteiger partial charge in [0.2, 0.25) is 0 Å². The Morgan fingerprint density at radius 3 is 2.55 bits per heavy atom. The molecule has 2 rings (SSSR count). The average Bonchev–Trinajstić information content (AvgIpc) is 2.78.